The second-order valence-electron chi connectivity index (χ2n) is 5.78. The van der Waals surface area contributed by atoms with E-state index < -0.39 is 0 Å². The van der Waals surface area contributed by atoms with Gasteiger partial charge in [-0.25, -0.2) is 0 Å². The van der Waals surface area contributed by atoms with Crippen LogP contribution < -0.4 is 15.5 Å². The molecule has 3 N–H and O–H groups in total. The quantitative estimate of drug-likeness (QED) is 0.660. The van der Waals surface area contributed by atoms with Gasteiger partial charge in [-0.05, 0) is 6.42 Å². The van der Waals surface area contributed by atoms with Gasteiger partial charge in [-0.15, -0.1) is 0 Å². The fourth-order valence-electron chi connectivity index (χ4n) is 1.33. The molecule has 114 valence electrons. The van der Waals surface area contributed by atoms with Crippen LogP contribution in [0.1, 0.15) is 27.2 Å². The maximum absolute atomic E-state index is 9.27. The summed E-state index contributed by atoms with van der Waals surface area (Å²) in [7, 11) is 3.78. The van der Waals surface area contributed by atoms with Gasteiger partial charge in [0.2, 0.25) is 17.8 Å². The number of anilines is 3. The molecule has 0 unspecified atom stereocenters. The molecule has 0 aromatic carbocycles. The van der Waals surface area contributed by atoms with E-state index in [-0.39, 0.29) is 12.0 Å². The Bertz CT molecular complexity index is 421. The Morgan fingerprint density at radius 3 is 2.20 bits per heavy atom. The molecule has 0 aliphatic rings. The summed E-state index contributed by atoms with van der Waals surface area (Å²) in [5, 5.41) is 15.6. The molecule has 0 fully saturated rings. The van der Waals surface area contributed by atoms with Gasteiger partial charge >= 0.3 is 0 Å². The monoisotopic (exact) mass is 282 g/mol. The smallest absolute Gasteiger partial charge is 0.231 e. The van der Waals surface area contributed by atoms with Gasteiger partial charge in [0.1, 0.15) is 0 Å². The van der Waals surface area contributed by atoms with Crippen molar-refractivity contribution in [2.75, 3.05) is 49.3 Å². The second-order valence-corrected chi connectivity index (χ2v) is 5.78. The number of aromatic nitrogens is 3. The highest BCUT2D eigenvalue weighted by atomic mass is 16.3. The number of rotatable bonds is 8. The summed E-state index contributed by atoms with van der Waals surface area (Å²) in [6.07, 6.45) is 1.00. The maximum atomic E-state index is 9.27. The van der Waals surface area contributed by atoms with Crippen LogP contribution in [0, 0.1) is 5.41 Å². The van der Waals surface area contributed by atoms with E-state index in [0.717, 1.165) is 13.0 Å². The standard InChI is InChI=1S/C13H26N6O/c1-6-7-14-10-16-11(15-8-13(2,3)9-20)18-12(17-10)19(4)5/h20H,6-9H2,1-5H3,(H2,14,15,16,17,18). The summed E-state index contributed by atoms with van der Waals surface area (Å²) in [5.41, 5.74) is -0.220. The molecule has 1 rings (SSSR count). The minimum Gasteiger partial charge on any atom is -0.396 e. The number of nitrogens with zero attached hydrogens (tertiary/aromatic N) is 4. The Balaban J connectivity index is 2.85. The molecular formula is C13H26N6O. The molecule has 0 radical (unpaired) electrons. The number of aliphatic hydroxyl groups excluding tert-OH is 1. The van der Waals surface area contributed by atoms with Crippen molar-refractivity contribution in [2.45, 2.75) is 27.2 Å². The Labute approximate surface area is 120 Å². The minimum absolute atomic E-state index is 0.104. The van der Waals surface area contributed by atoms with Crippen molar-refractivity contribution >= 4 is 17.8 Å². The van der Waals surface area contributed by atoms with Crippen molar-refractivity contribution in [3.63, 3.8) is 0 Å². The SMILES string of the molecule is CCCNc1nc(NCC(C)(C)CO)nc(N(C)C)n1. The van der Waals surface area contributed by atoms with E-state index in [2.05, 4.69) is 32.5 Å². The van der Waals surface area contributed by atoms with Gasteiger partial charge in [0.15, 0.2) is 0 Å². The number of hydrogen-bond acceptors (Lipinski definition) is 7. The van der Waals surface area contributed by atoms with Crippen LogP contribution in [0.5, 0.6) is 0 Å². The highest BCUT2D eigenvalue weighted by Gasteiger charge is 2.17. The lowest BCUT2D eigenvalue weighted by molar-refractivity contribution is 0.170. The van der Waals surface area contributed by atoms with Crippen LogP contribution in [-0.4, -0.2) is 53.9 Å². The number of aliphatic hydroxyl groups is 1. The Kier molecular flexibility index (Phi) is 5.94. The summed E-state index contributed by atoms with van der Waals surface area (Å²) in [6.45, 7) is 7.55. The van der Waals surface area contributed by atoms with E-state index in [1.165, 1.54) is 0 Å². The number of nitrogens with one attached hydrogen (secondary N) is 2. The first-order chi connectivity index (χ1) is 9.38. The molecule has 0 aliphatic carbocycles. The molecule has 0 bridgehead atoms. The molecule has 0 atom stereocenters. The molecule has 0 saturated carbocycles. The van der Waals surface area contributed by atoms with E-state index in [4.69, 9.17) is 0 Å². The highest BCUT2D eigenvalue weighted by molar-refractivity contribution is 5.43. The first-order valence-corrected chi connectivity index (χ1v) is 6.90. The van der Waals surface area contributed by atoms with Gasteiger partial charge in [-0.2, -0.15) is 15.0 Å². The topological polar surface area (TPSA) is 86.2 Å². The van der Waals surface area contributed by atoms with Crippen molar-refractivity contribution in [2.24, 2.45) is 5.41 Å². The van der Waals surface area contributed by atoms with E-state index >= 15 is 0 Å². The van der Waals surface area contributed by atoms with Crippen LogP contribution in [0.25, 0.3) is 0 Å². The lowest BCUT2D eigenvalue weighted by Crippen LogP contribution is -2.28. The Hall–Kier alpha value is -1.63. The lowest BCUT2D eigenvalue weighted by atomic mass is 9.95. The molecule has 0 amide bonds. The van der Waals surface area contributed by atoms with Gasteiger partial charge in [-0.1, -0.05) is 20.8 Å². The molecule has 7 heteroatoms. The summed E-state index contributed by atoms with van der Waals surface area (Å²) >= 11 is 0. The van der Waals surface area contributed by atoms with Crippen LogP contribution >= 0.6 is 0 Å². The highest BCUT2D eigenvalue weighted by Crippen LogP contribution is 2.16. The van der Waals surface area contributed by atoms with E-state index in [1.807, 2.05) is 32.8 Å². The van der Waals surface area contributed by atoms with E-state index in [0.29, 0.717) is 24.4 Å². The van der Waals surface area contributed by atoms with Gasteiger partial charge < -0.3 is 20.6 Å². The Morgan fingerprint density at radius 1 is 1.10 bits per heavy atom. The molecule has 20 heavy (non-hydrogen) atoms. The summed E-state index contributed by atoms with van der Waals surface area (Å²) in [5.74, 6) is 1.68. The normalized spacial score (nSPS) is 11.3. The minimum atomic E-state index is -0.220. The molecule has 7 nitrogen and oxygen atoms in total. The number of hydrogen-bond donors (Lipinski definition) is 3. The van der Waals surface area contributed by atoms with Crippen molar-refractivity contribution < 1.29 is 5.11 Å². The molecule has 1 heterocycles. The van der Waals surface area contributed by atoms with Gasteiger partial charge in [0, 0.05) is 39.2 Å². The third-order valence-electron chi connectivity index (χ3n) is 2.71. The van der Waals surface area contributed by atoms with Crippen LogP contribution in [0.3, 0.4) is 0 Å². The third kappa shape index (κ3) is 5.16. The van der Waals surface area contributed by atoms with Gasteiger partial charge in [0.05, 0.1) is 0 Å². The first kappa shape index (κ1) is 16.4. The summed E-state index contributed by atoms with van der Waals surface area (Å²) in [6, 6.07) is 0. The van der Waals surface area contributed by atoms with Crippen molar-refractivity contribution in [1.82, 2.24) is 15.0 Å². The molecule has 1 aromatic rings. The van der Waals surface area contributed by atoms with Crippen LogP contribution in [0.15, 0.2) is 0 Å². The van der Waals surface area contributed by atoms with Crippen LogP contribution in [0.2, 0.25) is 0 Å². The average Bonchev–Trinajstić information content (AvgIpc) is 2.43. The average molecular weight is 282 g/mol. The lowest BCUT2D eigenvalue weighted by Gasteiger charge is -2.22. The van der Waals surface area contributed by atoms with E-state index in [1.54, 1.807) is 0 Å². The zero-order valence-corrected chi connectivity index (χ0v) is 13.1. The largest absolute Gasteiger partial charge is 0.396 e. The van der Waals surface area contributed by atoms with Crippen molar-refractivity contribution in [1.29, 1.82) is 0 Å². The van der Waals surface area contributed by atoms with Crippen LogP contribution in [-0.2, 0) is 0 Å². The molecule has 0 spiro atoms. The van der Waals surface area contributed by atoms with Crippen molar-refractivity contribution in [3.05, 3.63) is 0 Å². The summed E-state index contributed by atoms with van der Waals surface area (Å²) < 4.78 is 0. The zero-order valence-electron chi connectivity index (χ0n) is 13.1. The molecule has 1 aromatic heterocycles. The van der Waals surface area contributed by atoms with Crippen molar-refractivity contribution in [3.8, 4) is 0 Å². The zero-order chi connectivity index (χ0) is 15.2. The summed E-state index contributed by atoms with van der Waals surface area (Å²) in [4.78, 5) is 14.9. The predicted molar refractivity (Wildman–Crippen MR) is 82.3 cm³/mol. The van der Waals surface area contributed by atoms with Gasteiger partial charge in [0.25, 0.3) is 0 Å². The molecular weight excluding hydrogens is 256 g/mol. The predicted octanol–water partition coefficient (Wildman–Crippen LogP) is 1.19. The first-order valence-electron chi connectivity index (χ1n) is 6.90. The third-order valence-corrected chi connectivity index (χ3v) is 2.71. The molecule has 0 saturated heterocycles. The fourth-order valence-corrected chi connectivity index (χ4v) is 1.33. The molecule has 0 aliphatic heterocycles. The fraction of sp³-hybridized carbons (Fsp3) is 0.769. The van der Waals surface area contributed by atoms with Gasteiger partial charge in [-0.3, -0.25) is 0 Å². The second kappa shape index (κ2) is 7.23. The van der Waals surface area contributed by atoms with E-state index in [9.17, 15) is 5.11 Å². The Morgan fingerprint density at radius 2 is 1.70 bits per heavy atom. The van der Waals surface area contributed by atoms with Crippen LogP contribution in [0.4, 0.5) is 17.8 Å². The maximum Gasteiger partial charge on any atom is 0.231 e.